The Hall–Kier alpha value is -3.15. The number of carbonyl (C=O) groups is 3. The second-order valence-electron chi connectivity index (χ2n) is 8.42. The first-order valence-electron chi connectivity index (χ1n) is 9.86. The van der Waals surface area contributed by atoms with Crippen molar-refractivity contribution >= 4 is 34.2 Å². The van der Waals surface area contributed by atoms with Gasteiger partial charge < -0.3 is 0 Å². The van der Waals surface area contributed by atoms with Crippen molar-refractivity contribution in [2.45, 2.75) is 24.9 Å². The van der Waals surface area contributed by atoms with Crippen molar-refractivity contribution in [2.75, 3.05) is 24.7 Å². The standard InChI is InChI=1S/C21H18N5O3/c22-7-15-13-3-1-2-4-14(13)16(8-23-15)25-20(28)18-10-24-9-17(19(27)12-5-6-12)26(18,11-24)21(25)29/h1-4,8,12,17-18H,5-6,9-11H2/q+1. The summed E-state index contributed by atoms with van der Waals surface area (Å²) < 4.78 is -0.0947. The number of carbonyl (C=O) groups excluding carboxylic acids is 3. The van der Waals surface area contributed by atoms with Crippen molar-refractivity contribution in [3.8, 4) is 6.07 Å². The highest BCUT2D eigenvalue weighted by molar-refractivity contribution is 6.22. The molecule has 2 bridgehead atoms. The number of imide groups is 1. The molecule has 3 saturated heterocycles. The van der Waals surface area contributed by atoms with E-state index >= 15 is 0 Å². The lowest BCUT2D eigenvalue weighted by Crippen LogP contribution is -2.62. The number of hydrogen-bond acceptors (Lipinski definition) is 6. The topological polar surface area (TPSA) is 94.4 Å². The molecule has 2 aromatic rings. The van der Waals surface area contributed by atoms with E-state index in [-0.39, 0.29) is 33.8 Å². The van der Waals surface area contributed by atoms with Crippen molar-refractivity contribution in [3.05, 3.63) is 36.2 Å². The second-order valence-corrected chi connectivity index (χ2v) is 8.42. The summed E-state index contributed by atoms with van der Waals surface area (Å²) in [6.45, 7) is 1.46. The van der Waals surface area contributed by atoms with Crippen molar-refractivity contribution in [1.29, 1.82) is 5.26 Å². The number of benzene rings is 1. The third-order valence-corrected chi connectivity index (χ3v) is 6.89. The fourth-order valence-electron chi connectivity index (χ4n) is 5.37. The molecule has 29 heavy (non-hydrogen) atoms. The summed E-state index contributed by atoms with van der Waals surface area (Å²) in [5.41, 5.74) is 0.651. The number of nitriles is 1. The van der Waals surface area contributed by atoms with Gasteiger partial charge in [-0.3, -0.25) is 9.59 Å². The minimum atomic E-state index is -0.543. The Morgan fingerprint density at radius 1 is 1.17 bits per heavy atom. The minimum Gasteiger partial charge on any atom is -0.293 e. The van der Waals surface area contributed by atoms with E-state index in [9.17, 15) is 19.6 Å². The number of quaternary nitrogens is 1. The highest BCUT2D eigenvalue weighted by atomic mass is 16.2. The summed E-state index contributed by atoms with van der Waals surface area (Å²) in [5.74, 6) is -0.103. The van der Waals surface area contributed by atoms with Gasteiger partial charge in [-0.05, 0) is 12.8 Å². The van der Waals surface area contributed by atoms with E-state index in [4.69, 9.17) is 0 Å². The summed E-state index contributed by atoms with van der Waals surface area (Å²) in [6, 6.07) is 7.88. The highest BCUT2D eigenvalue weighted by Gasteiger charge is 2.74. The van der Waals surface area contributed by atoms with Gasteiger partial charge in [0.2, 0.25) is 0 Å². The average molecular weight is 388 g/mol. The number of Topliss-reactive ketones (excluding diaryl/α,β-unsaturated/α-hetero) is 1. The van der Waals surface area contributed by atoms with E-state index in [0.717, 1.165) is 12.8 Å². The fourth-order valence-corrected chi connectivity index (χ4v) is 5.37. The predicted molar refractivity (Wildman–Crippen MR) is 101 cm³/mol. The Labute approximate surface area is 166 Å². The number of pyridine rings is 1. The molecule has 8 heteroatoms. The molecule has 0 radical (unpaired) electrons. The van der Waals surface area contributed by atoms with Gasteiger partial charge in [-0.15, -0.1) is 0 Å². The van der Waals surface area contributed by atoms with Crippen LogP contribution in [0.25, 0.3) is 10.8 Å². The van der Waals surface area contributed by atoms with Crippen LogP contribution >= 0.6 is 0 Å². The Kier molecular flexibility index (Phi) is 3.16. The molecule has 3 unspecified atom stereocenters. The Morgan fingerprint density at radius 2 is 1.93 bits per heavy atom. The summed E-state index contributed by atoms with van der Waals surface area (Å²) in [6.07, 6.45) is 3.20. The Bertz CT molecular complexity index is 1170. The van der Waals surface area contributed by atoms with E-state index in [1.165, 1.54) is 11.1 Å². The van der Waals surface area contributed by atoms with Crippen molar-refractivity contribution in [1.82, 2.24) is 9.88 Å². The normalized spacial score (nSPS) is 32.7. The van der Waals surface area contributed by atoms with Gasteiger partial charge in [0.1, 0.15) is 18.4 Å². The molecule has 1 aromatic carbocycles. The van der Waals surface area contributed by atoms with Crippen molar-refractivity contribution in [3.63, 3.8) is 0 Å². The largest absolute Gasteiger partial charge is 0.433 e. The molecule has 1 spiro atoms. The number of piperazine rings is 1. The summed E-state index contributed by atoms with van der Waals surface area (Å²) in [5, 5.41) is 10.6. The molecular weight excluding hydrogens is 370 g/mol. The highest BCUT2D eigenvalue weighted by Crippen LogP contribution is 2.47. The predicted octanol–water partition coefficient (Wildman–Crippen LogP) is 1.39. The number of rotatable bonds is 3. The monoisotopic (exact) mass is 388 g/mol. The SMILES string of the molecule is N#Cc1ncc(N2C(=O)C3C[N@]4CC(C(=O)C5CC5)[N+]3(C4)C2=O)c2ccccc12. The van der Waals surface area contributed by atoms with Gasteiger partial charge in [0.15, 0.2) is 17.9 Å². The lowest BCUT2D eigenvalue weighted by Gasteiger charge is -2.32. The molecule has 1 saturated carbocycles. The van der Waals surface area contributed by atoms with Crippen LogP contribution in [0.3, 0.4) is 0 Å². The number of anilines is 1. The number of urea groups is 1. The molecule has 3 amide bonds. The first-order valence-corrected chi connectivity index (χ1v) is 9.86. The summed E-state index contributed by atoms with van der Waals surface area (Å²) in [7, 11) is 0. The van der Waals surface area contributed by atoms with E-state index < -0.39 is 12.1 Å². The molecule has 1 aliphatic carbocycles. The van der Waals surface area contributed by atoms with Crippen LogP contribution in [0.4, 0.5) is 10.5 Å². The molecule has 4 heterocycles. The first-order chi connectivity index (χ1) is 14.1. The third-order valence-electron chi connectivity index (χ3n) is 6.89. The van der Waals surface area contributed by atoms with Gasteiger partial charge in [-0.1, -0.05) is 24.3 Å². The lowest BCUT2D eigenvalue weighted by molar-refractivity contribution is -0.853. The lowest BCUT2D eigenvalue weighted by atomic mass is 10.0. The van der Waals surface area contributed by atoms with Gasteiger partial charge in [-0.2, -0.15) is 10.2 Å². The molecule has 4 aliphatic rings. The van der Waals surface area contributed by atoms with E-state index in [2.05, 4.69) is 16.0 Å². The third kappa shape index (κ3) is 1.98. The van der Waals surface area contributed by atoms with E-state index in [0.29, 0.717) is 36.2 Å². The maximum Gasteiger partial charge on any atom is 0.433 e. The van der Waals surface area contributed by atoms with Crippen LogP contribution in [-0.4, -0.2) is 63.9 Å². The van der Waals surface area contributed by atoms with Crippen LogP contribution in [0, 0.1) is 17.2 Å². The van der Waals surface area contributed by atoms with E-state index in [1.807, 2.05) is 6.07 Å². The van der Waals surface area contributed by atoms with Gasteiger partial charge in [0.05, 0.1) is 25.0 Å². The fraction of sp³-hybridized carbons (Fsp3) is 0.381. The average Bonchev–Trinajstić information content (AvgIpc) is 3.38. The van der Waals surface area contributed by atoms with Crippen LogP contribution < -0.4 is 4.90 Å². The van der Waals surface area contributed by atoms with Gasteiger partial charge in [0, 0.05) is 16.7 Å². The first kappa shape index (κ1) is 16.8. The number of fused-ring (bicyclic) bond motifs is 2. The number of ketones is 1. The summed E-state index contributed by atoms with van der Waals surface area (Å²) >= 11 is 0. The molecule has 0 N–H and O–H groups in total. The van der Waals surface area contributed by atoms with Crippen LogP contribution in [-0.2, 0) is 9.59 Å². The zero-order valence-electron chi connectivity index (χ0n) is 15.6. The van der Waals surface area contributed by atoms with Crippen LogP contribution in [0.1, 0.15) is 18.5 Å². The van der Waals surface area contributed by atoms with Gasteiger partial charge in [0.25, 0.3) is 5.91 Å². The molecule has 1 aromatic heterocycles. The van der Waals surface area contributed by atoms with Gasteiger partial charge in [-0.25, -0.2) is 19.2 Å². The molecule has 144 valence electrons. The van der Waals surface area contributed by atoms with Gasteiger partial charge >= 0.3 is 6.03 Å². The molecular formula is C21H18N5O3+. The number of amides is 3. The quantitative estimate of drug-likeness (QED) is 0.583. The van der Waals surface area contributed by atoms with Crippen molar-refractivity contribution in [2.24, 2.45) is 5.92 Å². The Balaban J connectivity index is 1.50. The maximum absolute atomic E-state index is 13.7. The summed E-state index contributed by atoms with van der Waals surface area (Å²) in [4.78, 5) is 47.6. The number of aromatic nitrogens is 1. The smallest absolute Gasteiger partial charge is 0.293 e. The maximum atomic E-state index is 13.7. The Morgan fingerprint density at radius 3 is 2.66 bits per heavy atom. The number of hydrogen-bond donors (Lipinski definition) is 0. The van der Waals surface area contributed by atoms with Crippen LogP contribution in [0.5, 0.6) is 0 Å². The zero-order valence-corrected chi connectivity index (χ0v) is 15.6. The van der Waals surface area contributed by atoms with Crippen LogP contribution in [0.15, 0.2) is 30.5 Å². The van der Waals surface area contributed by atoms with Crippen LogP contribution in [0.2, 0.25) is 0 Å². The molecule has 4 fully saturated rings. The molecule has 4 atom stereocenters. The zero-order chi connectivity index (χ0) is 19.9. The molecule has 8 nitrogen and oxygen atoms in total. The molecule has 3 aliphatic heterocycles. The van der Waals surface area contributed by atoms with E-state index in [1.54, 1.807) is 18.2 Å². The number of nitrogens with zero attached hydrogens (tertiary/aromatic N) is 5. The molecule has 6 rings (SSSR count). The second kappa shape index (κ2) is 5.47. The van der Waals surface area contributed by atoms with Crippen molar-refractivity contribution < 1.29 is 18.9 Å². The minimum absolute atomic E-state index is 0.0445.